The summed E-state index contributed by atoms with van der Waals surface area (Å²) in [5, 5.41) is 7.18. The number of piperidine rings is 1. The Labute approximate surface area is 235 Å². The minimum atomic E-state index is -0.153. The minimum absolute atomic E-state index is 0.153. The van der Waals surface area contributed by atoms with Crippen molar-refractivity contribution in [3.8, 4) is 21.3 Å². The number of aryl methyl sites for hydroxylation is 1. The lowest BCUT2D eigenvalue weighted by Gasteiger charge is -2.26. The monoisotopic (exact) mass is 549 g/mol. The quantitative estimate of drug-likeness (QED) is 0.248. The number of hydrogen-bond donors (Lipinski definition) is 2. The molecule has 0 radical (unpaired) electrons. The third-order valence-corrected chi connectivity index (χ3v) is 8.86. The summed E-state index contributed by atoms with van der Waals surface area (Å²) < 4.78 is 2.34. The van der Waals surface area contributed by atoms with Gasteiger partial charge >= 0.3 is 0 Å². The second kappa shape index (κ2) is 10.8. The zero-order chi connectivity index (χ0) is 26.9. The fourth-order valence-corrected chi connectivity index (χ4v) is 6.68. The number of hydrogen-bond acceptors (Lipinski definition) is 6. The third kappa shape index (κ3) is 4.98. The van der Waals surface area contributed by atoms with Crippen molar-refractivity contribution in [2.24, 2.45) is 0 Å². The molecule has 7 rings (SSSR count). The van der Waals surface area contributed by atoms with E-state index in [0.717, 1.165) is 62.9 Å². The van der Waals surface area contributed by atoms with Crippen molar-refractivity contribution in [3.63, 3.8) is 0 Å². The Balaban J connectivity index is 1.28. The summed E-state index contributed by atoms with van der Waals surface area (Å²) in [5.74, 6) is 0.951. The Morgan fingerprint density at radius 3 is 2.55 bits per heavy atom. The second-order valence-electron chi connectivity index (χ2n) is 10.5. The van der Waals surface area contributed by atoms with Crippen LogP contribution in [0.5, 0.6) is 0 Å². The number of aromatic nitrogens is 6. The van der Waals surface area contributed by atoms with Gasteiger partial charge in [-0.25, -0.2) is 9.97 Å². The number of rotatable bonds is 8. The molecular weight excluding hydrogens is 518 g/mol. The topological polar surface area (TPSA) is 95.5 Å². The fraction of sp³-hybridized carbons (Fsp3) is 0.290. The van der Waals surface area contributed by atoms with Crippen LogP contribution < -0.4 is 5.56 Å². The molecule has 1 fully saturated rings. The molecule has 0 aliphatic carbocycles. The predicted molar refractivity (Wildman–Crippen MR) is 161 cm³/mol. The fourth-order valence-electron chi connectivity index (χ4n) is 5.70. The van der Waals surface area contributed by atoms with Crippen molar-refractivity contribution in [2.45, 2.75) is 38.6 Å². The van der Waals surface area contributed by atoms with E-state index >= 15 is 0 Å². The maximum absolute atomic E-state index is 12.9. The molecule has 202 valence electrons. The lowest BCUT2D eigenvalue weighted by molar-refractivity contribution is 0.223. The molecule has 4 aromatic heterocycles. The Morgan fingerprint density at radius 2 is 1.73 bits per heavy atom. The Hall–Kier alpha value is -4.08. The van der Waals surface area contributed by atoms with E-state index in [1.54, 1.807) is 17.5 Å². The van der Waals surface area contributed by atoms with E-state index in [0.29, 0.717) is 17.6 Å². The summed E-state index contributed by atoms with van der Waals surface area (Å²) >= 11 is 1.71. The van der Waals surface area contributed by atoms with Gasteiger partial charge in [0.1, 0.15) is 5.69 Å². The van der Waals surface area contributed by atoms with Crippen molar-refractivity contribution in [2.75, 3.05) is 19.6 Å². The van der Waals surface area contributed by atoms with Gasteiger partial charge < -0.3 is 14.5 Å². The van der Waals surface area contributed by atoms with Gasteiger partial charge in [-0.15, -0.1) is 11.3 Å². The second-order valence-corrected chi connectivity index (χ2v) is 11.6. The number of fused-ring (bicyclic) bond motifs is 2. The van der Waals surface area contributed by atoms with Gasteiger partial charge in [-0.1, -0.05) is 36.8 Å². The first-order valence-corrected chi connectivity index (χ1v) is 14.8. The molecule has 1 aliphatic heterocycles. The van der Waals surface area contributed by atoms with Crippen LogP contribution >= 0.6 is 11.3 Å². The third-order valence-electron chi connectivity index (χ3n) is 7.74. The van der Waals surface area contributed by atoms with Crippen LogP contribution in [0.3, 0.4) is 0 Å². The van der Waals surface area contributed by atoms with Gasteiger partial charge in [0.15, 0.2) is 5.82 Å². The molecule has 0 amide bonds. The lowest BCUT2D eigenvalue weighted by atomic mass is 10.1. The van der Waals surface area contributed by atoms with Crippen LogP contribution in [0.2, 0.25) is 0 Å². The van der Waals surface area contributed by atoms with E-state index in [4.69, 9.17) is 9.97 Å². The molecule has 9 heteroatoms. The molecule has 40 heavy (non-hydrogen) atoms. The first kappa shape index (κ1) is 24.9. The summed E-state index contributed by atoms with van der Waals surface area (Å²) in [7, 11) is 0. The maximum Gasteiger partial charge on any atom is 0.270 e. The molecule has 1 saturated heterocycles. The van der Waals surface area contributed by atoms with Crippen LogP contribution in [0.25, 0.3) is 43.3 Å². The molecule has 0 spiro atoms. The van der Waals surface area contributed by atoms with E-state index in [9.17, 15) is 4.79 Å². The van der Waals surface area contributed by atoms with Crippen LogP contribution in [-0.2, 0) is 13.0 Å². The summed E-state index contributed by atoms with van der Waals surface area (Å²) in [6.07, 6.45) is 7.26. The average Bonchev–Trinajstić information content (AvgIpc) is 3.74. The van der Waals surface area contributed by atoms with Gasteiger partial charge in [-0.3, -0.25) is 9.89 Å². The summed E-state index contributed by atoms with van der Waals surface area (Å²) in [6.45, 7) is 4.35. The van der Waals surface area contributed by atoms with E-state index in [1.165, 1.54) is 32.4 Å². The molecule has 2 N–H and O–H groups in total. The molecule has 5 heterocycles. The van der Waals surface area contributed by atoms with Crippen LogP contribution in [0.1, 0.15) is 36.9 Å². The standard InChI is InChI=1S/C31H31N7OS/c39-31-26(18-21-8-3-1-4-9-21)33-24-20-27-25(19-23(24)35-31)34-30(29-11-10-28(40-29)22-12-13-32-36-22)38(27)17-7-16-37-14-5-2-6-15-37/h1,3-4,8-13,19-20H,2,5-7,14-18H2,(H,32,36)(H,35,39). The molecule has 6 aromatic rings. The van der Waals surface area contributed by atoms with Gasteiger partial charge in [0.05, 0.1) is 37.5 Å². The average molecular weight is 550 g/mol. The van der Waals surface area contributed by atoms with Crippen LogP contribution in [-0.4, -0.2) is 54.3 Å². The largest absolute Gasteiger partial charge is 0.323 e. The van der Waals surface area contributed by atoms with E-state index < -0.39 is 0 Å². The van der Waals surface area contributed by atoms with Gasteiger partial charge in [0.2, 0.25) is 0 Å². The minimum Gasteiger partial charge on any atom is -0.323 e. The zero-order valence-corrected chi connectivity index (χ0v) is 23.1. The number of nitrogens with zero attached hydrogens (tertiary/aromatic N) is 5. The van der Waals surface area contributed by atoms with Crippen molar-refractivity contribution in [1.29, 1.82) is 0 Å². The molecule has 0 unspecified atom stereocenters. The van der Waals surface area contributed by atoms with Gasteiger partial charge in [-0.2, -0.15) is 5.10 Å². The number of nitrogens with one attached hydrogen (secondary N) is 2. The lowest BCUT2D eigenvalue weighted by Crippen LogP contribution is -2.31. The highest BCUT2D eigenvalue weighted by molar-refractivity contribution is 7.18. The first-order chi connectivity index (χ1) is 19.7. The van der Waals surface area contributed by atoms with Gasteiger partial charge in [0, 0.05) is 19.2 Å². The van der Waals surface area contributed by atoms with E-state index in [-0.39, 0.29) is 5.56 Å². The molecule has 1 aliphatic rings. The molecule has 0 bridgehead atoms. The molecular formula is C31H31N7OS. The Bertz CT molecular complexity index is 1810. The molecule has 8 nitrogen and oxygen atoms in total. The maximum atomic E-state index is 12.9. The highest BCUT2D eigenvalue weighted by Gasteiger charge is 2.18. The van der Waals surface area contributed by atoms with Gasteiger partial charge in [0.25, 0.3) is 5.56 Å². The van der Waals surface area contributed by atoms with E-state index in [2.05, 4.69) is 42.8 Å². The Morgan fingerprint density at radius 1 is 0.875 bits per heavy atom. The van der Waals surface area contributed by atoms with Crippen molar-refractivity contribution >= 4 is 33.4 Å². The number of thiophene rings is 1. The summed E-state index contributed by atoms with van der Waals surface area (Å²) in [5.41, 5.74) is 5.85. The number of aromatic amines is 2. The van der Waals surface area contributed by atoms with Crippen LogP contribution in [0.4, 0.5) is 0 Å². The SMILES string of the molecule is O=c1[nH]c2cc3nc(-c4ccc(-c5ccn[nH]5)s4)n(CCCN4CCCCC4)c3cc2nc1Cc1ccccc1. The normalized spacial score (nSPS) is 14.4. The predicted octanol–water partition coefficient (Wildman–Crippen LogP) is 5.86. The van der Waals surface area contributed by atoms with Crippen LogP contribution in [0, 0.1) is 0 Å². The zero-order valence-electron chi connectivity index (χ0n) is 22.3. The number of benzene rings is 2. The van der Waals surface area contributed by atoms with Crippen molar-refractivity contribution in [3.05, 3.63) is 88.5 Å². The highest BCUT2D eigenvalue weighted by Crippen LogP contribution is 2.35. The number of imidazole rings is 1. The summed E-state index contributed by atoms with van der Waals surface area (Å²) in [6, 6.07) is 20.3. The number of likely N-dealkylation sites (tertiary alicyclic amines) is 1. The van der Waals surface area contributed by atoms with E-state index in [1.807, 2.05) is 42.5 Å². The first-order valence-electron chi connectivity index (χ1n) is 14.0. The summed E-state index contributed by atoms with van der Waals surface area (Å²) in [4.78, 5) is 30.7. The van der Waals surface area contributed by atoms with Crippen molar-refractivity contribution in [1.82, 2.24) is 34.6 Å². The molecule has 0 saturated carbocycles. The van der Waals surface area contributed by atoms with Crippen molar-refractivity contribution < 1.29 is 0 Å². The number of H-pyrrole nitrogens is 2. The highest BCUT2D eigenvalue weighted by atomic mass is 32.1. The molecule has 2 aromatic carbocycles. The Kier molecular flexibility index (Phi) is 6.75. The van der Waals surface area contributed by atoms with Gasteiger partial charge in [-0.05, 0) is 74.8 Å². The smallest absolute Gasteiger partial charge is 0.270 e. The molecule has 0 atom stereocenters. The van der Waals surface area contributed by atoms with Crippen LogP contribution in [0.15, 0.2) is 71.7 Å².